The van der Waals surface area contributed by atoms with E-state index in [9.17, 15) is 4.79 Å². The van der Waals surface area contributed by atoms with E-state index in [0.717, 1.165) is 12.8 Å². The molecule has 0 spiro atoms. The molecule has 0 aliphatic heterocycles. The number of aromatic nitrogens is 2. The standard InChI is InChI=1S/C7H10N4OS/c1-4-9-6(13-11-4)10-5(12)7(8)2-3-7/h2-3,8H2,1H3,(H,9,10,11,12). The summed E-state index contributed by atoms with van der Waals surface area (Å²) in [6, 6.07) is 0. The predicted octanol–water partition coefficient (Wildman–Crippen LogP) is 0.276. The second-order valence-corrected chi connectivity index (χ2v) is 4.01. The third-order valence-corrected chi connectivity index (χ3v) is 2.71. The minimum absolute atomic E-state index is 0.149. The third-order valence-electron chi connectivity index (χ3n) is 1.99. The fourth-order valence-electron chi connectivity index (χ4n) is 0.931. The molecule has 70 valence electrons. The molecule has 3 N–H and O–H groups in total. The lowest BCUT2D eigenvalue weighted by molar-refractivity contribution is -0.118. The van der Waals surface area contributed by atoms with Crippen molar-refractivity contribution in [3.05, 3.63) is 5.82 Å². The van der Waals surface area contributed by atoms with E-state index in [1.165, 1.54) is 11.5 Å². The normalized spacial score (nSPS) is 18.3. The minimum atomic E-state index is -0.639. The second-order valence-electron chi connectivity index (χ2n) is 3.26. The molecule has 1 aromatic rings. The van der Waals surface area contributed by atoms with Crippen molar-refractivity contribution >= 4 is 22.6 Å². The molecule has 0 aromatic carbocycles. The van der Waals surface area contributed by atoms with Crippen molar-refractivity contribution in [1.29, 1.82) is 0 Å². The van der Waals surface area contributed by atoms with Gasteiger partial charge in [-0.2, -0.15) is 4.37 Å². The summed E-state index contributed by atoms with van der Waals surface area (Å²) in [5, 5.41) is 3.17. The molecular formula is C7H10N4OS. The Morgan fingerprint density at radius 1 is 1.69 bits per heavy atom. The quantitative estimate of drug-likeness (QED) is 0.715. The van der Waals surface area contributed by atoms with E-state index in [0.29, 0.717) is 11.0 Å². The summed E-state index contributed by atoms with van der Waals surface area (Å²) < 4.78 is 3.95. The zero-order chi connectivity index (χ0) is 9.47. The molecule has 2 rings (SSSR count). The number of aryl methyl sites for hydroxylation is 1. The van der Waals surface area contributed by atoms with E-state index >= 15 is 0 Å². The van der Waals surface area contributed by atoms with Crippen molar-refractivity contribution in [3.63, 3.8) is 0 Å². The van der Waals surface area contributed by atoms with Gasteiger partial charge in [-0.25, -0.2) is 4.98 Å². The van der Waals surface area contributed by atoms with E-state index in [2.05, 4.69) is 14.7 Å². The average molecular weight is 198 g/mol. The molecule has 0 saturated heterocycles. The fraction of sp³-hybridized carbons (Fsp3) is 0.571. The highest BCUT2D eigenvalue weighted by molar-refractivity contribution is 7.09. The van der Waals surface area contributed by atoms with E-state index in [1.807, 2.05) is 0 Å². The maximum atomic E-state index is 11.4. The SMILES string of the molecule is Cc1nsc(NC(=O)C2(N)CC2)n1. The van der Waals surface area contributed by atoms with Crippen molar-refractivity contribution in [2.75, 3.05) is 5.32 Å². The molecule has 0 unspecified atom stereocenters. The van der Waals surface area contributed by atoms with Crippen LogP contribution in [0.15, 0.2) is 0 Å². The molecule has 5 nitrogen and oxygen atoms in total. The molecule has 1 aliphatic rings. The molecule has 1 fully saturated rings. The summed E-state index contributed by atoms with van der Waals surface area (Å²) in [4.78, 5) is 15.4. The molecule has 1 aliphatic carbocycles. The molecule has 6 heteroatoms. The van der Waals surface area contributed by atoms with Crippen LogP contribution >= 0.6 is 11.5 Å². The number of carbonyl (C=O) groups is 1. The Labute approximate surface area is 79.5 Å². The topological polar surface area (TPSA) is 80.9 Å². The molecule has 1 amide bonds. The number of rotatable bonds is 2. The van der Waals surface area contributed by atoms with E-state index in [1.54, 1.807) is 6.92 Å². The Balaban J connectivity index is 2.02. The summed E-state index contributed by atoms with van der Waals surface area (Å²) in [5.41, 5.74) is 5.05. The lowest BCUT2D eigenvalue weighted by Gasteiger charge is -2.05. The predicted molar refractivity (Wildman–Crippen MR) is 49.4 cm³/mol. The molecule has 0 bridgehead atoms. The van der Waals surface area contributed by atoms with Gasteiger partial charge in [0, 0.05) is 11.5 Å². The van der Waals surface area contributed by atoms with Crippen molar-refractivity contribution in [1.82, 2.24) is 9.36 Å². The van der Waals surface area contributed by atoms with Gasteiger partial charge in [0.25, 0.3) is 0 Å². The first-order valence-electron chi connectivity index (χ1n) is 4.01. The van der Waals surface area contributed by atoms with Gasteiger partial charge in [0.2, 0.25) is 11.0 Å². The number of carbonyl (C=O) groups excluding carboxylic acids is 1. The van der Waals surface area contributed by atoms with Crippen LogP contribution in [0.5, 0.6) is 0 Å². The van der Waals surface area contributed by atoms with Crippen molar-refractivity contribution in [2.24, 2.45) is 5.73 Å². The first kappa shape index (κ1) is 8.58. The van der Waals surface area contributed by atoms with E-state index in [-0.39, 0.29) is 5.91 Å². The van der Waals surface area contributed by atoms with Crippen LogP contribution in [0.2, 0.25) is 0 Å². The maximum Gasteiger partial charge on any atom is 0.246 e. The van der Waals surface area contributed by atoms with Gasteiger partial charge in [-0.15, -0.1) is 0 Å². The summed E-state index contributed by atoms with van der Waals surface area (Å²) in [6.07, 6.45) is 1.52. The lowest BCUT2D eigenvalue weighted by atomic mass is 10.3. The molecule has 0 atom stereocenters. The summed E-state index contributed by atoms with van der Waals surface area (Å²) in [5.74, 6) is 0.519. The van der Waals surface area contributed by atoms with Gasteiger partial charge in [-0.1, -0.05) is 0 Å². The summed E-state index contributed by atoms with van der Waals surface area (Å²) in [6.45, 7) is 1.78. The Bertz CT molecular complexity index is 344. The van der Waals surface area contributed by atoms with Gasteiger partial charge in [0.05, 0.1) is 5.54 Å². The number of nitrogens with zero attached hydrogens (tertiary/aromatic N) is 2. The van der Waals surface area contributed by atoms with Gasteiger partial charge in [-0.05, 0) is 19.8 Å². The molecule has 1 saturated carbocycles. The number of hydrogen-bond acceptors (Lipinski definition) is 5. The second kappa shape index (κ2) is 2.74. The zero-order valence-electron chi connectivity index (χ0n) is 7.20. The average Bonchev–Trinajstić information content (AvgIpc) is 2.69. The van der Waals surface area contributed by atoms with Crippen LogP contribution in [0.1, 0.15) is 18.7 Å². The zero-order valence-corrected chi connectivity index (χ0v) is 8.02. The molecule has 1 aromatic heterocycles. The highest BCUT2D eigenvalue weighted by Crippen LogP contribution is 2.33. The smallest absolute Gasteiger partial charge is 0.246 e. The van der Waals surface area contributed by atoms with Crippen LogP contribution in [0.25, 0.3) is 0 Å². The highest BCUT2D eigenvalue weighted by atomic mass is 32.1. The molecule has 0 radical (unpaired) electrons. The first-order valence-corrected chi connectivity index (χ1v) is 4.78. The monoisotopic (exact) mass is 198 g/mol. The van der Waals surface area contributed by atoms with Crippen LogP contribution in [-0.4, -0.2) is 20.8 Å². The summed E-state index contributed by atoms with van der Waals surface area (Å²) in [7, 11) is 0. The van der Waals surface area contributed by atoms with Crippen molar-refractivity contribution in [3.8, 4) is 0 Å². The van der Waals surface area contributed by atoms with Crippen LogP contribution in [0.3, 0.4) is 0 Å². The van der Waals surface area contributed by atoms with E-state index in [4.69, 9.17) is 5.73 Å². The Kier molecular flexibility index (Phi) is 1.81. The van der Waals surface area contributed by atoms with E-state index < -0.39 is 5.54 Å². The van der Waals surface area contributed by atoms with Crippen LogP contribution < -0.4 is 11.1 Å². The fourth-order valence-corrected chi connectivity index (χ4v) is 1.50. The molecule has 13 heavy (non-hydrogen) atoms. The van der Waals surface area contributed by atoms with Gasteiger partial charge in [0.1, 0.15) is 5.82 Å². The molecular weight excluding hydrogens is 188 g/mol. The highest BCUT2D eigenvalue weighted by Gasteiger charge is 2.46. The van der Waals surface area contributed by atoms with Gasteiger partial charge in [0.15, 0.2) is 0 Å². The van der Waals surface area contributed by atoms with Gasteiger partial charge >= 0.3 is 0 Å². The first-order chi connectivity index (χ1) is 6.10. The number of nitrogens with two attached hydrogens (primary N) is 1. The Morgan fingerprint density at radius 3 is 2.85 bits per heavy atom. The van der Waals surface area contributed by atoms with Gasteiger partial charge < -0.3 is 5.73 Å². The summed E-state index contributed by atoms with van der Waals surface area (Å²) >= 11 is 1.17. The van der Waals surface area contributed by atoms with Crippen molar-refractivity contribution in [2.45, 2.75) is 25.3 Å². The minimum Gasteiger partial charge on any atom is -0.317 e. The third kappa shape index (κ3) is 1.68. The lowest BCUT2D eigenvalue weighted by Crippen LogP contribution is -2.37. The Hall–Kier alpha value is -1.01. The van der Waals surface area contributed by atoms with Crippen molar-refractivity contribution < 1.29 is 4.79 Å². The number of anilines is 1. The largest absolute Gasteiger partial charge is 0.317 e. The van der Waals surface area contributed by atoms with Gasteiger partial charge in [-0.3, -0.25) is 10.1 Å². The maximum absolute atomic E-state index is 11.4. The van der Waals surface area contributed by atoms with Crippen LogP contribution in [-0.2, 0) is 4.79 Å². The number of nitrogens with one attached hydrogen (secondary N) is 1. The number of hydrogen-bond donors (Lipinski definition) is 2. The molecule has 1 heterocycles. The van der Waals surface area contributed by atoms with Crippen LogP contribution in [0.4, 0.5) is 5.13 Å². The Morgan fingerprint density at radius 2 is 2.38 bits per heavy atom. The van der Waals surface area contributed by atoms with Crippen LogP contribution in [0, 0.1) is 6.92 Å². The number of amides is 1.